The molecule has 1 fully saturated rings. The van der Waals surface area contributed by atoms with E-state index in [0.29, 0.717) is 38.2 Å². The largest absolute Gasteiger partial charge is 0.503 e. The van der Waals surface area contributed by atoms with Gasteiger partial charge in [0.1, 0.15) is 23.6 Å². The van der Waals surface area contributed by atoms with Crippen molar-refractivity contribution < 1.29 is 19.1 Å². The first kappa shape index (κ1) is 37.1. The van der Waals surface area contributed by atoms with Gasteiger partial charge in [0.25, 0.3) is 0 Å². The van der Waals surface area contributed by atoms with Gasteiger partial charge in [-0.2, -0.15) is 0 Å². The Morgan fingerprint density at radius 1 is 1.16 bits per heavy atom. The number of carbonyl (C=O) groups excluding carboxylic acids is 2. The highest BCUT2D eigenvalue weighted by atomic mass is 19.1. The van der Waals surface area contributed by atoms with Crippen molar-refractivity contribution in [3.8, 4) is 0 Å². The molecule has 0 bridgehead atoms. The SMILES string of the molecule is C=C(NCc1ccc(F)cc1)/C(N=C1N(C)CCN(CC=O)C1(C)CC)=C(\O)C=O.CC.CC.CN(C)C. The van der Waals surface area contributed by atoms with Crippen molar-refractivity contribution in [3.63, 3.8) is 0 Å². The van der Waals surface area contributed by atoms with E-state index in [1.54, 1.807) is 12.1 Å². The van der Waals surface area contributed by atoms with E-state index < -0.39 is 11.3 Å². The van der Waals surface area contributed by atoms with Crippen molar-refractivity contribution in [3.05, 3.63) is 59.4 Å². The van der Waals surface area contributed by atoms with Gasteiger partial charge in [0.2, 0.25) is 0 Å². The number of aliphatic imine (C=N–C) groups is 1. The Balaban J connectivity index is 0. The molecule has 2 rings (SSSR count). The zero-order valence-electron chi connectivity index (χ0n) is 25.1. The molecule has 0 aromatic heterocycles. The summed E-state index contributed by atoms with van der Waals surface area (Å²) in [4.78, 5) is 33.1. The Hall–Kier alpha value is -3.04. The molecule has 38 heavy (non-hydrogen) atoms. The highest BCUT2D eigenvalue weighted by molar-refractivity contribution is 5.93. The minimum Gasteiger partial charge on any atom is -0.503 e. The van der Waals surface area contributed by atoms with Crippen molar-refractivity contribution >= 4 is 18.4 Å². The van der Waals surface area contributed by atoms with Gasteiger partial charge in [0.15, 0.2) is 12.0 Å². The lowest BCUT2D eigenvalue weighted by Gasteiger charge is -2.48. The first-order valence-corrected chi connectivity index (χ1v) is 13.2. The molecule has 0 spiro atoms. The molecule has 8 nitrogen and oxygen atoms in total. The zero-order valence-corrected chi connectivity index (χ0v) is 25.1. The second kappa shape index (κ2) is 20.0. The van der Waals surface area contributed by atoms with Crippen LogP contribution in [0, 0.1) is 5.82 Å². The van der Waals surface area contributed by atoms with Crippen LogP contribution in [0.15, 0.2) is 53.0 Å². The molecule has 1 aromatic rings. The number of carbonyl (C=O) groups is 2. The van der Waals surface area contributed by atoms with Crippen LogP contribution in [0.3, 0.4) is 0 Å². The van der Waals surface area contributed by atoms with Gasteiger partial charge < -0.3 is 25.0 Å². The quantitative estimate of drug-likeness (QED) is 0.206. The summed E-state index contributed by atoms with van der Waals surface area (Å²) >= 11 is 0. The van der Waals surface area contributed by atoms with Gasteiger partial charge in [-0.3, -0.25) is 9.69 Å². The average molecular weight is 536 g/mol. The van der Waals surface area contributed by atoms with Crippen LogP contribution in [0.4, 0.5) is 4.39 Å². The third-order valence-corrected chi connectivity index (χ3v) is 5.51. The van der Waals surface area contributed by atoms with Crippen molar-refractivity contribution in [2.24, 2.45) is 4.99 Å². The third-order valence-electron chi connectivity index (χ3n) is 5.51. The van der Waals surface area contributed by atoms with E-state index in [-0.39, 0.29) is 23.8 Å². The zero-order chi connectivity index (χ0) is 29.9. The fraction of sp³-hybridized carbons (Fsp3) is 0.552. The summed E-state index contributed by atoms with van der Waals surface area (Å²) in [6.45, 7) is 17.8. The maximum absolute atomic E-state index is 13.1. The fourth-order valence-corrected chi connectivity index (χ4v) is 3.48. The van der Waals surface area contributed by atoms with Gasteiger partial charge in [0.05, 0.1) is 17.8 Å². The minimum absolute atomic E-state index is 0.0292. The van der Waals surface area contributed by atoms with Crippen LogP contribution in [0.1, 0.15) is 53.5 Å². The Bertz CT molecular complexity index is 897. The Morgan fingerprint density at radius 2 is 1.68 bits per heavy atom. The molecule has 0 saturated carbocycles. The van der Waals surface area contributed by atoms with Crippen LogP contribution in [-0.2, 0) is 16.1 Å². The molecule has 1 atom stereocenters. The van der Waals surface area contributed by atoms with E-state index >= 15 is 0 Å². The predicted molar refractivity (Wildman–Crippen MR) is 157 cm³/mol. The normalized spacial score (nSPS) is 18.5. The number of hydrogen-bond donors (Lipinski definition) is 2. The summed E-state index contributed by atoms with van der Waals surface area (Å²) in [5.74, 6) is -0.244. The second-order valence-electron chi connectivity index (χ2n) is 8.75. The lowest BCUT2D eigenvalue weighted by molar-refractivity contribution is -0.110. The topological polar surface area (TPSA) is 88.5 Å². The second-order valence-corrected chi connectivity index (χ2v) is 8.75. The smallest absolute Gasteiger partial charge is 0.186 e. The molecule has 0 radical (unpaired) electrons. The van der Waals surface area contributed by atoms with E-state index in [1.807, 2.05) is 84.4 Å². The number of nitrogens with zero attached hydrogens (tertiary/aromatic N) is 4. The summed E-state index contributed by atoms with van der Waals surface area (Å²) in [7, 11) is 7.88. The molecule has 9 heteroatoms. The van der Waals surface area contributed by atoms with Crippen LogP contribution < -0.4 is 5.32 Å². The summed E-state index contributed by atoms with van der Waals surface area (Å²) < 4.78 is 13.1. The summed E-state index contributed by atoms with van der Waals surface area (Å²) in [6.07, 6.45) is 1.85. The van der Waals surface area contributed by atoms with Gasteiger partial charge >= 0.3 is 0 Å². The number of likely N-dealkylation sites (N-methyl/N-ethyl adjacent to an activating group) is 1. The number of hydrogen-bond acceptors (Lipinski definition) is 7. The van der Waals surface area contributed by atoms with Crippen LogP contribution >= 0.6 is 0 Å². The van der Waals surface area contributed by atoms with E-state index in [9.17, 15) is 19.1 Å². The molecular formula is C29H50FN5O3. The number of aliphatic hydroxyl groups is 1. The van der Waals surface area contributed by atoms with Crippen molar-refractivity contribution in [2.45, 2.75) is 60.0 Å². The number of aliphatic hydroxyl groups excluding tert-OH is 1. The number of rotatable bonds is 9. The molecule has 1 saturated heterocycles. The molecule has 0 aliphatic carbocycles. The first-order valence-electron chi connectivity index (χ1n) is 13.2. The van der Waals surface area contributed by atoms with Gasteiger partial charge in [-0.05, 0) is 52.2 Å². The van der Waals surface area contributed by atoms with Crippen molar-refractivity contribution in [1.29, 1.82) is 0 Å². The van der Waals surface area contributed by atoms with E-state index in [2.05, 4.69) is 16.9 Å². The van der Waals surface area contributed by atoms with Crippen molar-refractivity contribution in [2.75, 3.05) is 47.8 Å². The van der Waals surface area contributed by atoms with Gasteiger partial charge in [-0.1, -0.05) is 53.3 Å². The van der Waals surface area contributed by atoms with E-state index in [1.165, 1.54) is 12.1 Å². The molecule has 1 aliphatic heterocycles. The Kier molecular flexibility index (Phi) is 19.5. The highest BCUT2D eigenvalue weighted by Gasteiger charge is 2.41. The molecule has 1 heterocycles. The van der Waals surface area contributed by atoms with Gasteiger partial charge in [-0.25, -0.2) is 9.38 Å². The van der Waals surface area contributed by atoms with E-state index in [4.69, 9.17) is 0 Å². The van der Waals surface area contributed by atoms with Crippen LogP contribution in [0.25, 0.3) is 0 Å². The monoisotopic (exact) mass is 535 g/mol. The number of nitrogens with one attached hydrogen (secondary N) is 1. The Morgan fingerprint density at radius 3 is 2.13 bits per heavy atom. The molecular weight excluding hydrogens is 485 g/mol. The first-order chi connectivity index (χ1) is 18.0. The van der Waals surface area contributed by atoms with Crippen LogP contribution in [-0.4, -0.2) is 91.6 Å². The standard InChI is InChI=1S/C22H29FN4O3.C3H9N.2C2H6/c1-5-22(3)21(26(4)10-11-27(22)12-13-28)25-20(19(30)15-29)16(2)24-14-17-6-8-18(23)9-7-17;1-4(2)3;2*1-2/h6-9,13,15,24,30H,2,5,10-12,14H2,1,3-4H3;1-3H3;2*1-2H3/b20-19+,25-21?;;;. The van der Waals surface area contributed by atoms with Crippen LogP contribution in [0.5, 0.6) is 0 Å². The fourth-order valence-electron chi connectivity index (χ4n) is 3.48. The number of benzene rings is 1. The molecule has 1 aromatic carbocycles. The number of piperazine rings is 1. The number of allylic oxidation sites excluding steroid dienone is 1. The predicted octanol–water partition coefficient (Wildman–Crippen LogP) is 4.64. The number of halogens is 1. The molecule has 216 valence electrons. The maximum atomic E-state index is 13.1. The molecule has 1 unspecified atom stereocenters. The lowest BCUT2D eigenvalue weighted by atomic mass is 9.91. The molecule has 0 amide bonds. The Labute approximate surface area is 229 Å². The lowest BCUT2D eigenvalue weighted by Crippen LogP contribution is -2.63. The molecule has 2 N–H and O–H groups in total. The minimum atomic E-state index is -0.556. The van der Waals surface area contributed by atoms with Gasteiger partial charge in [-0.15, -0.1) is 0 Å². The summed E-state index contributed by atoms with van der Waals surface area (Å²) in [5, 5.41) is 13.2. The summed E-state index contributed by atoms with van der Waals surface area (Å²) in [6, 6.07) is 5.96. The molecule has 1 aliphatic rings. The number of amidine groups is 1. The van der Waals surface area contributed by atoms with Gasteiger partial charge in [0, 0.05) is 26.7 Å². The third kappa shape index (κ3) is 12.0. The summed E-state index contributed by atoms with van der Waals surface area (Å²) in [5.41, 5.74) is 0.539. The number of aldehydes is 2. The maximum Gasteiger partial charge on any atom is 0.186 e. The van der Waals surface area contributed by atoms with Crippen LogP contribution in [0.2, 0.25) is 0 Å². The highest BCUT2D eigenvalue weighted by Crippen LogP contribution is 2.28. The van der Waals surface area contributed by atoms with E-state index in [0.717, 1.165) is 11.8 Å². The van der Waals surface area contributed by atoms with Crippen molar-refractivity contribution in [1.82, 2.24) is 20.0 Å². The average Bonchev–Trinajstić information content (AvgIpc) is 2.91.